The molecule has 1 nitrogen and oxygen atoms in total. The van der Waals surface area contributed by atoms with E-state index in [-0.39, 0.29) is 6.61 Å². The molecule has 1 rings (SSSR count). The second-order valence-electron chi connectivity index (χ2n) is 3.15. The van der Waals surface area contributed by atoms with Gasteiger partial charge in [-0.1, -0.05) is 38.1 Å². The zero-order chi connectivity index (χ0) is 8.97. The topological polar surface area (TPSA) is 19.9 Å². The number of benzene rings is 1. The van der Waals surface area contributed by atoms with Crippen molar-refractivity contribution in [3.8, 4) is 0 Å². The molecule has 0 saturated carbocycles. The maximum Gasteiger partial charge on any atom is 0.108 e. The zero-order valence-electron chi connectivity index (χ0n) is 7.71. The average Bonchev–Trinajstić information content (AvgIpc) is 2.16. The first-order valence-corrected chi connectivity index (χ1v) is 4.45. The van der Waals surface area contributed by atoms with Gasteiger partial charge in [-0.25, -0.2) is 5.11 Å². The Labute approximate surface area is 74.1 Å². The Hall–Kier alpha value is -0.820. The van der Waals surface area contributed by atoms with Crippen LogP contribution in [0.3, 0.4) is 0 Å². The lowest BCUT2D eigenvalue weighted by molar-refractivity contribution is 0.176. The van der Waals surface area contributed by atoms with Crippen molar-refractivity contribution in [3.63, 3.8) is 0 Å². The molecule has 0 aromatic heterocycles. The Balaban J connectivity index is 2.96. The first-order valence-electron chi connectivity index (χ1n) is 4.45. The minimum atomic E-state index is -0.0967. The predicted molar refractivity (Wildman–Crippen MR) is 49.5 cm³/mol. The summed E-state index contributed by atoms with van der Waals surface area (Å²) in [6, 6.07) is 7.91. The number of hydrogen-bond acceptors (Lipinski definition) is 0. The fourth-order valence-corrected chi connectivity index (χ4v) is 1.37. The minimum Gasteiger partial charge on any atom is -0.232 e. The zero-order valence-corrected chi connectivity index (χ0v) is 7.71. The SMILES string of the molecule is CCC(C)c1ccccc1C[O]. The standard InChI is InChI=1S/C11H15O/c1-3-9(2)11-7-5-4-6-10(11)8-12/h4-7,9H,3,8H2,1-2H3. The van der Waals surface area contributed by atoms with Gasteiger partial charge in [-0.05, 0) is 23.5 Å². The van der Waals surface area contributed by atoms with E-state index in [0.29, 0.717) is 5.92 Å². The fraction of sp³-hybridized carbons (Fsp3) is 0.455. The molecule has 0 spiro atoms. The van der Waals surface area contributed by atoms with Crippen molar-refractivity contribution in [1.82, 2.24) is 0 Å². The van der Waals surface area contributed by atoms with Gasteiger partial charge in [0.2, 0.25) is 0 Å². The van der Waals surface area contributed by atoms with Crippen molar-refractivity contribution < 1.29 is 5.11 Å². The van der Waals surface area contributed by atoms with Gasteiger partial charge in [0.1, 0.15) is 6.61 Å². The smallest absolute Gasteiger partial charge is 0.108 e. The van der Waals surface area contributed by atoms with Crippen LogP contribution in [0.15, 0.2) is 24.3 Å². The lowest BCUT2D eigenvalue weighted by Gasteiger charge is -2.12. The van der Waals surface area contributed by atoms with E-state index in [1.54, 1.807) is 0 Å². The maximum absolute atomic E-state index is 10.8. The Morgan fingerprint density at radius 3 is 2.58 bits per heavy atom. The molecule has 1 atom stereocenters. The highest BCUT2D eigenvalue weighted by atomic mass is 16.3. The van der Waals surface area contributed by atoms with E-state index in [2.05, 4.69) is 19.9 Å². The Kier molecular flexibility index (Phi) is 3.30. The normalized spacial score (nSPS) is 12.9. The van der Waals surface area contributed by atoms with E-state index in [9.17, 15) is 5.11 Å². The molecule has 0 fully saturated rings. The minimum absolute atomic E-state index is 0.0967. The van der Waals surface area contributed by atoms with Gasteiger partial charge < -0.3 is 0 Å². The molecule has 0 amide bonds. The molecule has 1 unspecified atom stereocenters. The molecule has 0 aliphatic heterocycles. The first kappa shape index (κ1) is 9.27. The van der Waals surface area contributed by atoms with Gasteiger partial charge in [-0.3, -0.25) is 0 Å². The lowest BCUT2D eigenvalue weighted by atomic mass is 9.94. The third kappa shape index (κ3) is 1.86. The van der Waals surface area contributed by atoms with E-state index < -0.39 is 0 Å². The summed E-state index contributed by atoms with van der Waals surface area (Å²) in [5.74, 6) is 0.509. The average molecular weight is 163 g/mol. The summed E-state index contributed by atoms with van der Waals surface area (Å²) >= 11 is 0. The van der Waals surface area contributed by atoms with E-state index in [0.717, 1.165) is 12.0 Å². The van der Waals surface area contributed by atoms with E-state index in [1.807, 2.05) is 18.2 Å². The molecule has 0 saturated heterocycles. The van der Waals surface area contributed by atoms with E-state index >= 15 is 0 Å². The van der Waals surface area contributed by atoms with Gasteiger partial charge in [0.25, 0.3) is 0 Å². The van der Waals surface area contributed by atoms with Crippen LogP contribution in [0.2, 0.25) is 0 Å². The van der Waals surface area contributed by atoms with Crippen LogP contribution in [0.5, 0.6) is 0 Å². The van der Waals surface area contributed by atoms with E-state index in [1.165, 1.54) is 5.56 Å². The van der Waals surface area contributed by atoms with Crippen molar-refractivity contribution in [2.75, 3.05) is 0 Å². The van der Waals surface area contributed by atoms with Crippen LogP contribution in [0.1, 0.15) is 37.3 Å². The third-order valence-electron chi connectivity index (χ3n) is 2.35. The maximum atomic E-state index is 10.8. The van der Waals surface area contributed by atoms with Gasteiger partial charge in [-0.2, -0.15) is 0 Å². The molecule has 0 aliphatic rings. The van der Waals surface area contributed by atoms with Crippen LogP contribution in [-0.2, 0) is 11.7 Å². The summed E-state index contributed by atoms with van der Waals surface area (Å²) in [7, 11) is 0. The second-order valence-corrected chi connectivity index (χ2v) is 3.15. The first-order chi connectivity index (χ1) is 5.79. The van der Waals surface area contributed by atoms with Crippen molar-refractivity contribution >= 4 is 0 Å². The second kappa shape index (κ2) is 4.27. The lowest BCUT2D eigenvalue weighted by Crippen LogP contribution is -1.97. The van der Waals surface area contributed by atoms with Gasteiger partial charge in [-0.15, -0.1) is 0 Å². The van der Waals surface area contributed by atoms with Gasteiger partial charge in [0, 0.05) is 0 Å². The fourth-order valence-electron chi connectivity index (χ4n) is 1.37. The molecule has 0 aliphatic carbocycles. The highest BCUT2D eigenvalue weighted by molar-refractivity contribution is 5.29. The van der Waals surface area contributed by atoms with Gasteiger partial charge >= 0.3 is 0 Å². The van der Waals surface area contributed by atoms with Gasteiger partial charge in [0.05, 0.1) is 0 Å². The van der Waals surface area contributed by atoms with Crippen LogP contribution in [0.4, 0.5) is 0 Å². The molecule has 1 radical (unpaired) electrons. The number of rotatable bonds is 3. The van der Waals surface area contributed by atoms with Crippen LogP contribution in [0.25, 0.3) is 0 Å². The highest BCUT2D eigenvalue weighted by Gasteiger charge is 2.06. The van der Waals surface area contributed by atoms with Crippen molar-refractivity contribution in [3.05, 3.63) is 35.4 Å². The Morgan fingerprint density at radius 2 is 2.00 bits per heavy atom. The quantitative estimate of drug-likeness (QED) is 0.652. The monoisotopic (exact) mass is 163 g/mol. The molecular formula is C11H15O. The Bertz CT molecular complexity index is 243. The van der Waals surface area contributed by atoms with Crippen LogP contribution in [0, 0.1) is 0 Å². The van der Waals surface area contributed by atoms with Crippen LogP contribution >= 0.6 is 0 Å². The summed E-state index contributed by atoms with van der Waals surface area (Å²) in [4.78, 5) is 0. The molecular weight excluding hydrogens is 148 g/mol. The van der Waals surface area contributed by atoms with Gasteiger partial charge in [0.15, 0.2) is 0 Å². The van der Waals surface area contributed by atoms with Crippen molar-refractivity contribution in [1.29, 1.82) is 0 Å². The predicted octanol–water partition coefficient (Wildman–Crippen LogP) is 3.13. The third-order valence-corrected chi connectivity index (χ3v) is 2.35. The molecule has 1 aromatic carbocycles. The van der Waals surface area contributed by atoms with Crippen LogP contribution < -0.4 is 0 Å². The van der Waals surface area contributed by atoms with E-state index in [4.69, 9.17) is 0 Å². The number of hydrogen-bond donors (Lipinski definition) is 0. The molecule has 1 heteroatoms. The molecule has 0 heterocycles. The highest BCUT2D eigenvalue weighted by Crippen LogP contribution is 2.22. The summed E-state index contributed by atoms with van der Waals surface area (Å²) in [5, 5.41) is 10.8. The summed E-state index contributed by atoms with van der Waals surface area (Å²) in [6.45, 7) is 4.21. The largest absolute Gasteiger partial charge is 0.232 e. The summed E-state index contributed by atoms with van der Waals surface area (Å²) in [6.07, 6.45) is 1.09. The molecule has 12 heavy (non-hydrogen) atoms. The van der Waals surface area contributed by atoms with Crippen molar-refractivity contribution in [2.45, 2.75) is 32.8 Å². The summed E-state index contributed by atoms with van der Waals surface area (Å²) in [5.41, 5.74) is 2.17. The van der Waals surface area contributed by atoms with Crippen LogP contribution in [-0.4, -0.2) is 0 Å². The van der Waals surface area contributed by atoms with Crippen molar-refractivity contribution in [2.24, 2.45) is 0 Å². The molecule has 0 N–H and O–H groups in total. The molecule has 65 valence electrons. The molecule has 0 bridgehead atoms. The molecule has 1 aromatic rings. The summed E-state index contributed by atoms with van der Waals surface area (Å²) < 4.78 is 0. The Morgan fingerprint density at radius 1 is 1.33 bits per heavy atom.